The predicted molar refractivity (Wildman–Crippen MR) is 161 cm³/mol. The van der Waals surface area contributed by atoms with Crippen molar-refractivity contribution in [3.05, 3.63) is 0 Å². The van der Waals surface area contributed by atoms with Gasteiger partial charge in [-0.25, -0.2) is 0 Å². The molecule has 0 aromatic heterocycles. The van der Waals surface area contributed by atoms with Crippen molar-refractivity contribution in [2.45, 2.75) is 6.42 Å². The van der Waals surface area contributed by atoms with E-state index in [4.69, 9.17) is 61.9 Å². The molecule has 15 nitrogen and oxygen atoms in total. The molecule has 0 spiro atoms. The van der Waals surface area contributed by atoms with Gasteiger partial charge >= 0.3 is 5.97 Å². The first-order valence-electron chi connectivity index (χ1n) is 15.4. The Morgan fingerprint density at radius 1 is 0.364 bits per heavy atom. The summed E-state index contributed by atoms with van der Waals surface area (Å²) in [4.78, 5) is 12.4. The monoisotopic (exact) mass is 645 g/mol. The van der Waals surface area contributed by atoms with Gasteiger partial charge in [-0.2, -0.15) is 0 Å². The maximum atomic E-state index is 10.3. The van der Waals surface area contributed by atoms with Crippen molar-refractivity contribution in [3.8, 4) is 0 Å². The third-order valence-corrected chi connectivity index (χ3v) is 5.24. The third kappa shape index (κ3) is 41.0. The second-order valence-corrected chi connectivity index (χ2v) is 9.30. The minimum absolute atomic E-state index is 0.00150. The number of hydrogen-bond acceptors (Lipinski definition) is 14. The number of likely N-dealkylation sites (N-methyl/N-ethyl adjacent to an activating group) is 1. The highest BCUT2D eigenvalue weighted by Crippen LogP contribution is 1.88. The Balaban J connectivity index is 3.04. The van der Waals surface area contributed by atoms with Crippen molar-refractivity contribution in [2.75, 3.05) is 179 Å². The van der Waals surface area contributed by atoms with Crippen LogP contribution in [0.3, 0.4) is 0 Å². The molecule has 15 heteroatoms. The molecular weight excluding hydrogens is 586 g/mol. The van der Waals surface area contributed by atoms with E-state index in [9.17, 15) is 4.79 Å². The Morgan fingerprint density at radius 3 is 0.727 bits per heavy atom. The molecule has 264 valence electrons. The molecule has 0 bridgehead atoms. The van der Waals surface area contributed by atoms with E-state index in [0.717, 1.165) is 6.54 Å². The Kier molecular flexibility index (Phi) is 37.2. The number of nitrogens with zero attached hydrogens (tertiary/aromatic N) is 1. The first-order valence-corrected chi connectivity index (χ1v) is 15.4. The van der Waals surface area contributed by atoms with Gasteiger partial charge in [0.2, 0.25) is 0 Å². The lowest BCUT2D eigenvalue weighted by Crippen LogP contribution is -2.19. The summed E-state index contributed by atoms with van der Waals surface area (Å²) >= 11 is 0. The summed E-state index contributed by atoms with van der Waals surface area (Å²) < 4.78 is 64.9. The summed E-state index contributed by atoms with van der Waals surface area (Å²) in [6.45, 7) is 12.7. The van der Waals surface area contributed by atoms with E-state index in [1.54, 1.807) is 0 Å². The van der Waals surface area contributed by atoms with E-state index in [-0.39, 0.29) is 13.0 Å². The molecule has 0 aromatic rings. The van der Waals surface area contributed by atoms with Crippen molar-refractivity contribution in [2.24, 2.45) is 0 Å². The maximum Gasteiger partial charge on any atom is 0.305 e. The number of hydrogen-bond donors (Lipinski definition) is 1. The van der Waals surface area contributed by atoms with Crippen molar-refractivity contribution >= 4 is 5.97 Å². The highest BCUT2D eigenvalue weighted by atomic mass is 16.6. The molecule has 0 unspecified atom stereocenters. The third-order valence-electron chi connectivity index (χ3n) is 5.24. The van der Waals surface area contributed by atoms with Gasteiger partial charge < -0.3 is 66.8 Å². The minimum Gasteiger partial charge on any atom is -0.481 e. The summed E-state index contributed by atoms with van der Waals surface area (Å²) in [6.07, 6.45) is -0.00150. The molecule has 0 atom stereocenters. The fraction of sp³-hybridized carbons (Fsp3) is 0.966. The quantitative estimate of drug-likeness (QED) is 0.0907. The molecule has 0 saturated carbocycles. The molecule has 0 aromatic carbocycles. The smallest absolute Gasteiger partial charge is 0.305 e. The van der Waals surface area contributed by atoms with E-state index in [1.165, 1.54) is 0 Å². The average molecular weight is 646 g/mol. The SMILES string of the molecule is CN(C)CCOCCOCCOCCOCCOCCOCCOCCOCCOCCOCCOCCOCCC(=O)O. The predicted octanol–water partition coefficient (Wildman–Crippen LogP) is 0.222. The van der Waals surface area contributed by atoms with Gasteiger partial charge in [-0.3, -0.25) is 4.79 Å². The van der Waals surface area contributed by atoms with Crippen LogP contribution in [0.2, 0.25) is 0 Å². The van der Waals surface area contributed by atoms with Crippen LogP contribution in [-0.4, -0.2) is 195 Å². The molecule has 0 rings (SSSR count). The Labute approximate surface area is 263 Å². The van der Waals surface area contributed by atoms with Crippen molar-refractivity contribution < 1.29 is 66.7 Å². The van der Waals surface area contributed by atoms with Crippen LogP contribution in [0.4, 0.5) is 0 Å². The summed E-state index contributed by atoms with van der Waals surface area (Å²) in [6, 6.07) is 0. The zero-order valence-electron chi connectivity index (χ0n) is 27.1. The minimum atomic E-state index is -0.873. The van der Waals surface area contributed by atoms with E-state index in [1.807, 2.05) is 14.1 Å². The van der Waals surface area contributed by atoms with Gasteiger partial charge in [-0.05, 0) is 14.1 Å². The Bertz CT molecular complexity index is 562. The number of rotatable bonds is 39. The van der Waals surface area contributed by atoms with Crippen LogP contribution in [0.25, 0.3) is 0 Å². The van der Waals surface area contributed by atoms with Crippen LogP contribution in [-0.2, 0) is 61.6 Å². The number of aliphatic carboxylic acids is 1. The first kappa shape index (κ1) is 43.0. The van der Waals surface area contributed by atoms with Crippen LogP contribution in [0.1, 0.15) is 6.42 Å². The zero-order valence-corrected chi connectivity index (χ0v) is 27.1. The number of carboxylic acid groups (broad SMARTS) is 1. The topological polar surface area (TPSA) is 151 Å². The van der Waals surface area contributed by atoms with Crippen molar-refractivity contribution in [1.29, 1.82) is 0 Å². The average Bonchev–Trinajstić information content (AvgIpc) is 3.00. The standard InChI is InChI=1S/C29H59NO14/c1-30(2)4-6-34-8-10-36-12-14-38-16-18-40-20-22-42-24-26-44-28-27-43-25-23-41-21-19-39-17-15-37-13-11-35-9-7-33-5-3-29(31)32/h3-28H2,1-2H3,(H,31,32). The summed E-state index contributed by atoms with van der Waals surface area (Å²) in [5.41, 5.74) is 0. The summed E-state index contributed by atoms with van der Waals surface area (Å²) in [5.74, 6) is -0.873. The second kappa shape index (κ2) is 38.1. The van der Waals surface area contributed by atoms with Gasteiger partial charge in [0.1, 0.15) is 0 Å². The molecule has 1 N–H and O–H groups in total. The fourth-order valence-corrected chi connectivity index (χ4v) is 2.93. The van der Waals surface area contributed by atoms with Crippen molar-refractivity contribution in [1.82, 2.24) is 4.90 Å². The molecule has 0 fully saturated rings. The molecule has 0 aliphatic rings. The molecule has 0 aliphatic heterocycles. The van der Waals surface area contributed by atoms with Crippen LogP contribution >= 0.6 is 0 Å². The molecular formula is C29H59NO14. The van der Waals surface area contributed by atoms with Gasteiger partial charge in [-0.15, -0.1) is 0 Å². The van der Waals surface area contributed by atoms with Gasteiger partial charge in [0.15, 0.2) is 0 Å². The lowest BCUT2D eigenvalue weighted by Gasteiger charge is -2.10. The van der Waals surface area contributed by atoms with Gasteiger partial charge in [0.05, 0.1) is 165 Å². The highest BCUT2D eigenvalue weighted by Gasteiger charge is 1.98. The highest BCUT2D eigenvalue weighted by molar-refractivity contribution is 5.66. The molecule has 0 saturated heterocycles. The summed E-state index contributed by atoms with van der Waals surface area (Å²) in [5, 5.41) is 8.48. The first-order chi connectivity index (χ1) is 21.6. The largest absolute Gasteiger partial charge is 0.481 e. The van der Waals surface area contributed by atoms with Crippen molar-refractivity contribution in [3.63, 3.8) is 0 Å². The summed E-state index contributed by atoms with van der Waals surface area (Å²) in [7, 11) is 4.03. The normalized spacial score (nSPS) is 11.6. The van der Waals surface area contributed by atoms with Crippen LogP contribution in [0.5, 0.6) is 0 Å². The molecule has 0 amide bonds. The number of carboxylic acids is 1. The number of carbonyl (C=O) groups is 1. The molecule has 44 heavy (non-hydrogen) atoms. The van der Waals surface area contributed by atoms with Crippen LogP contribution < -0.4 is 0 Å². The zero-order chi connectivity index (χ0) is 32.0. The Hall–Kier alpha value is -1.05. The molecule has 0 radical (unpaired) electrons. The lowest BCUT2D eigenvalue weighted by atomic mass is 10.5. The van der Waals surface area contributed by atoms with E-state index in [2.05, 4.69) is 4.90 Å². The van der Waals surface area contributed by atoms with Crippen LogP contribution in [0, 0.1) is 0 Å². The second-order valence-electron chi connectivity index (χ2n) is 9.30. The molecule has 0 aliphatic carbocycles. The van der Waals surface area contributed by atoms with Gasteiger partial charge in [0.25, 0.3) is 0 Å². The van der Waals surface area contributed by atoms with E-state index in [0.29, 0.717) is 152 Å². The number of ether oxygens (including phenoxy) is 12. The van der Waals surface area contributed by atoms with Gasteiger partial charge in [0, 0.05) is 6.54 Å². The van der Waals surface area contributed by atoms with E-state index < -0.39 is 5.97 Å². The fourth-order valence-electron chi connectivity index (χ4n) is 2.93. The van der Waals surface area contributed by atoms with Gasteiger partial charge in [-0.1, -0.05) is 0 Å². The molecule has 0 heterocycles. The lowest BCUT2D eigenvalue weighted by molar-refractivity contribution is -0.138. The Morgan fingerprint density at radius 2 is 0.545 bits per heavy atom. The maximum absolute atomic E-state index is 10.3. The van der Waals surface area contributed by atoms with Crippen LogP contribution in [0.15, 0.2) is 0 Å². The van der Waals surface area contributed by atoms with E-state index >= 15 is 0 Å².